The van der Waals surface area contributed by atoms with Crippen molar-refractivity contribution in [3.63, 3.8) is 0 Å². The summed E-state index contributed by atoms with van der Waals surface area (Å²) in [7, 11) is 0. The fourth-order valence-electron chi connectivity index (χ4n) is 4.47. The number of anilines is 1. The minimum Gasteiger partial charge on any atom is -0.305 e. The van der Waals surface area contributed by atoms with Crippen molar-refractivity contribution in [1.82, 2.24) is 4.90 Å². The van der Waals surface area contributed by atoms with E-state index in [0.29, 0.717) is 12.1 Å². The maximum absolute atomic E-state index is 13.5. The van der Waals surface area contributed by atoms with Crippen LogP contribution in [-0.4, -0.2) is 34.9 Å². The highest BCUT2D eigenvalue weighted by Gasteiger charge is 2.30. The molecule has 0 saturated carbocycles. The van der Waals surface area contributed by atoms with Gasteiger partial charge in [0.15, 0.2) is 0 Å². The van der Waals surface area contributed by atoms with E-state index in [4.69, 9.17) is 0 Å². The molecule has 0 N–H and O–H groups in total. The number of nitro benzene ring substituents is 1. The Balaban J connectivity index is 1.49. The number of rotatable bonds is 7. The first kappa shape index (κ1) is 22.7. The first-order valence-corrected chi connectivity index (χ1v) is 11.5. The van der Waals surface area contributed by atoms with E-state index in [9.17, 15) is 14.9 Å². The zero-order chi connectivity index (χ0) is 23.2. The molecule has 0 aliphatic carbocycles. The Morgan fingerprint density at radius 1 is 0.970 bits per heavy atom. The summed E-state index contributed by atoms with van der Waals surface area (Å²) in [5.74, 6) is 0.0250. The third-order valence-corrected chi connectivity index (χ3v) is 6.31. The molecule has 4 rings (SSSR count). The monoisotopic (exact) mass is 443 g/mol. The van der Waals surface area contributed by atoms with E-state index in [1.54, 1.807) is 12.1 Å². The summed E-state index contributed by atoms with van der Waals surface area (Å²) >= 11 is 0. The summed E-state index contributed by atoms with van der Waals surface area (Å²) in [4.78, 5) is 28.5. The fraction of sp³-hybridized carbons (Fsp3) is 0.296. The van der Waals surface area contributed by atoms with E-state index in [-0.39, 0.29) is 22.6 Å². The third-order valence-electron chi connectivity index (χ3n) is 6.31. The van der Waals surface area contributed by atoms with Gasteiger partial charge in [0.1, 0.15) is 0 Å². The van der Waals surface area contributed by atoms with Gasteiger partial charge >= 0.3 is 0 Å². The Morgan fingerprint density at radius 3 is 2.30 bits per heavy atom. The molecule has 0 unspecified atom stereocenters. The highest BCUT2D eigenvalue weighted by molar-refractivity contribution is 6.06. The molecule has 170 valence electrons. The number of aryl methyl sites for hydroxylation is 1. The highest BCUT2D eigenvalue weighted by atomic mass is 16.6. The Labute approximate surface area is 194 Å². The van der Waals surface area contributed by atoms with Crippen LogP contribution in [0.25, 0.3) is 0 Å². The quantitative estimate of drug-likeness (QED) is 0.359. The predicted molar refractivity (Wildman–Crippen MR) is 130 cm³/mol. The van der Waals surface area contributed by atoms with Crippen molar-refractivity contribution >= 4 is 17.3 Å². The number of amides is 1. The van der Waals surface area contributed by atoms with Crippen LogP contribution >= 0.6 is 0 Å². The maximum atomic E-state index is 13.5. The van der Waals surface area contributed by atoms with Gasteiger partial charge in [0.25, 0.3) is 11.6 Å². The van der Waals surface area contributed by atoms with Crippen LogP contribution in [0.2, 0.25) is 0 Å². The van der Waals surface area contributed by atoms with E-state index in [1.807, 2.05) is 41.3 Å². The van der Waals surface area contributed by atoms with Crippen LogP contribution < -0.4 is 4.90 Å². The molecule has 6 heteroatoms. The van der Waals surface area contributed by atoms with Crippen molar-refractivity contribution < 1.29 is 9.72 Å². The molecule has 1 heterocycles. The zero-order valence-corrected chi connectivity index (χ0v) is 18.9. The molecular weight excluding hydrogens is 414 g/mol. The molecule has 1 amide bonds. The van der Waals surface area contributed by atoms with Gasteiger partial charge < -0.3 is 4.90 Å². The summed E-state index contributed by atoms with van der Waals surface area (Å²) in [6.07, 6.45) is 2.66. The van der Waals surface area contributed by atoms with Crippen molar-refractivity contribution in [2.45, 2.75) is 38.8 Å². The number of nitrogens with zero attached hydrogens (tertiary/aromatic N) is 3. The summed E-state index contributed by atoms with van der Waals surface area (Å²) in [5, 5.41) is 11.1. The lowest BCUT2D eigenvalue weighted by Crippen LogP contribution is -2.47. The lowest BCUT2D eigenvalue weighted by molar-refractivity contribution is -0.384. The Morgan fingerprint density at radius 2 is 1.67 bits per heavy atom. The summed E-state index contributed by atoms with van der Waals surface area (Å²) in [6, 6.07) is 24.7. The Bertz CT molecular complexity index is 1090. The van der Waals surface area contributed by atoms with E-state index in [1.165, 1.54) is 11.6 Å². The SMILES string of the molecule is CCc1ccc(N(C(=O)c2ccccc2)C2CCN(Cc3cccc([N+](=O)[O-])c3)CC2)cc1. The number of non-ortho nitro benzene ring substituents is 1. The smallest absolute Gasteiger partial charge is 0.269 e. The molecule has 3 aromatic carbocycles. The van der Waals surface area contributed by atoms with Gasteiger partial charge in [0.2, 0.25) is 0 Å². The molecular formula is C27H29N3O3. The number of carbonyl (C=O) groups is 1. The molecule has 0 atom stereocenters. The van der Waals surface area contributed by atoms with E-state index in [0.717, 1.165) is 43.6 Å². The van der Waals surface area contributed by atoms with E-state index < -0.39 is 0 Å². The summed E-state index contributed by atoms with van der Waals surface area (Å²) in [5.41, 5.74) is 3.93. The van der Waals surface area contributed by atoms with Crippen molar-refractivity contribution in [2.75, 3.05) is 18.0 Å². The first-order chi connectivity index (χ1) is 16.0. The second kappa shape index (κ2) is 10.4. The van der Waals surface area contributed by atoms with E-state index in [2.05, 4.69) is 36.1 Å². The molecule has 1 fully saturated rings. The van der Waals surface area contributed by atoms with Gasteiger partial charge in [0, 0.05) is 49.1 Å². The average molecular weight is 444 g/mol. The maximum Gasteiger partial charge on any atom is 0.269 e. The number of piperidine rings is 1. The van der Waals surface area contributed by atoms with Crippen molar-refractivity contribution in [2.24, 2.45) is 0 Å². The molecule has 0 spiro atoms. The molecule has 1 aliphatic rings. The lowest BCUT2D eigenvalue weighted by Gasteiger charge is -2.38. The minimum absolute atomic E-state index is 0.0250. The summed E-state index contributed by atoms with van der Waals surface area (Å²) in [6.45, 7) is 4.46. The van der Waals surface area contributed by atoms with Gasteiger partial charge in [-0.2, -0.15) is 0 Å². The summed E-state index contributed by atoms with van der Waals surface area (Å²) < 4.78 is 0. The number of likely N-dealkylation sites (tertiary alicyclic amines) is 1. The van der Waals surface area contributed by atoms with Crippen LogP contribution in [0.3, 0.4) is 0 Å². The van der Waals surface area contributed by atoms with Crippen LogP contribution in [0, 0.1) is 10.1 Å². The van der Waals surface area contributed by atoms with Crippen molar-refractivity contribution in [3.05, 3.63) is 106 Å². The topological polar surface area (TPSA) is 66.7 Å². The number of hydrogen-bond donors (Lipinski definition) is 0. The molecule has 3 aromatic rings. The molecule has 6 nitrogen and oxygen atoms in total. The molecule has 33 heavy (non-hydrogen) atoms. The fourth-order valence-corrected chi connectivity index (χ4v) is 4.47. The van der Waals surface area contributed by atoms with E-state index >= 15 is 0 Å². The Kier molecular flexibility index (Phi) is 7.15. The molecule has 1 aliphatic heterocycles. The van der Waals surface area contributed by atoms with Gasteiger partial charge in [0.05, 0.1) is 4.92 Å². The van der Waals surface area contributed by atoms with Gasteiger partial charge in [-0.25, -0.2) is 0 Å². The number of benzene rings is 3. The van der Waals surface area contributed by atoms with Crippen LogP contribution in [0.1, 0.15) is 41.3 Å². The van der Waals surface area contributed by atoms with Gasteiger partial charge in [-0.1, -0.05) is 49.4 Å². The number of nitro groups is 1. The van der Waals surface area contributed by atoms with Crippen molar-refractivity contribution in [3.8, 4) is 0 Å². The van der Waals surface area contributed by atoms with Gasteiger partial charge in [-0.15, -0.1) is 0 Å². The molecule has 1 saturated heterocycles. The number of carbonyl (C=O) groups excluding carboxylic acids is 1. The second-order valence-corrected chi connectivity index (χ2v) is 8.50. The zero-order valence-electron chi connectivity index (χ0n) is 18.9. The Hall–Kier alpha value is -3.51. The predicted octanol–water partition coefficient (Wildman–Crippen LogP) is 5.47. The molecule has 0 aromatic heterocycles. The largest absolute Gasteiger partial charge is 0.305 e. The standard InChI is InChI=1S/C27H29N3O3/c1-2-21-11-13-24(14-12-21)29(27(31)23-8-4-3-5-9-23)25-15-17-28(18-16-25)20-22-7-6-10-26(19-22)30(32)33/h3-14,19,25H,2,15-18,20H2,1H3. The van der Waals surface area contributed by atoms with Crippen LogP contribution in [0.5, 0.6) is 0 Å². The van der Waals surface area contributed by atoms with Gasteiger partial charge in [-0.05, 0) is 54.7 Å². The average Bonchev–Trinajstić information content (AvgIpc) is 2.86. The second-order valence-electron chi connectivity index (χ2n) is 8.50. The lowest BCUT2D eigenvalue weighted by atomic mass is 9.99. The minimum atomic E-state index is -0.355. The highest BCUT2D eigenvalue weighted by Crippen LogP contribution is 2.27. The third kappa shape index (κ3) is 5.46. The van der Waals surface area contributed by atoms with Crippen LogP contribution in [0.15, 0.2) is 78.9 Å². The number of hydrogen-bond acceptors (Lipinski definition) is 4. The first-order valence-electron chi connectivity index (χ1n) is 11.5. The van der Waals surface area contributed by atoms with Crippen LogP contribution in [0.4, 0.5) is 11.4 Å². The molecule has 0 bridgehead atoms. The van der Waals surface area contributed by atoms with Gasteiger partial charge in [-0.3, -0.25) is 19.8 Å². The van der Waals surface area contributed by atoms with Crippen molar-refractivity contribution in [1.29, 1.82) is 0 Å². The van der Waals surface area contributed by atoms with Crippen LogP contribution in [-0.2, 0) is 13.0 Å². The normalized spacial score (nSPS) is 14.7. The molecule has 0 radical (unpaired) electrons.